The molecular weight excluding hydrogens is 528 g/mol. The maximum absolute atomic E-state index is 13.6. The van der Waals surface area contributed by atoms with Gasteiger partial charge in [-0.1, -0.05) is 63.1 Å². The van der Waals surface area contributed by atoms with Crippen molar-refractivity contribution in [3.8, 4) is 11.5 Å². The lowest BCUT2D eigenvalue weighted by molar-refractivity contribution is -0.133. The molecule has 0 spiro atoms. The third kappa shape index (κ3) is 8.35. The average Bonchev–Trinajstić information content (AvgIpc) is 3.46. The Labute approximate surface area is 245 Å². The minimum Gasteiger partial charge on any atom is -0.493 e. The summed E-state index contributed by atoms with van der Waals surface area (Å²) < 4.78 is 17.7. The largest absolute Gasteiger partial charge is 0.493 e. The van der Waals surface area contributed by atoms with Gasteiger partial charge >= 0.3 is 0 Å². The van der Waals surface area contributed by atoms with Crippen LogP contribution in [0, 0.1) is 11.8 Å². The number of amides is 1. The summed E-state index contributed by atoms with van der Waals surface area (Å²) in [7, 11) is 3.31. The molecule has 0 saturated heterocycles. The number of nitrogens with two attached hydrogens (primary N) is 1. The summed E-state index contributed by atoms with van der Waals surface area (Å²) >= 11 is 6.56. The number of aliphatic hydroxyl groups excluding tert-OH is 1. The number of methoxy groups -OCH3 is 2. The topological polar surface area (TPSA) is 94.3 Å². The van der Waals surface area contributed by atoms with E-state index in [9.17, 15) is 9.90 Å². The summed E-state index contributed by atoms with van der Waals surface area (Å²) in [6.07, 6.45) is 4.70. The van der Waals surface area contributed by atoms with E-state index in [0.29, 0.717) is 37.1 Å². The molecule has 3 N–H and O–H groups in total. The predicted octanol–water partition coefficient (Wildman–Crippen LogP) is 5.50. The highest BCUT2D eigenvalue weighted by molar-refractivity contribution is 6.22. The van der Waals surface area contributed by atoms with E-state index in [1.165, 1.54) is 4.42 Å². The third-order valence-corrected chi connectivity index (χ3v) is 8.54. The number of ether oxygens (including phenoxy) is 3. The van der Waals surface area contributed by atoms with Gasteiger partial charge in [0, 0.05) is 38.0 Å². The zero-order valence-electron chi connectivity index (χ0n) is 24.5. The van der Waals surface area contributed by atoms with Gasteiger partial charge in [-0.15, -0.1) is 0 Å². The van der Waals surface area contributed by atoms with Crippen LogP contribution < -0.4 is 15.2 Å². The Hall–Kier alpha value is -2.32. The lowest BCUT2D eigenvalue weighted by atomic mass is 9.78. The van der Waals surface area contributed by atoms with Crippen LogP contribution >= 0.6 is 11.8 Å². The highest BCUT2D eigenvalue weighted by atomic mass is 35.5. The Bertz CT molecular complexity index is 1040. The fraction of sp³-hybridized carbons (Fsp3) is 0.594. The molecule has 0 bridgehead atoms. The summed E-state index contributed by atoms with van der Waals surface area (Å²) in [4.78, 5) is 13.6. The third-order valence-electron chi connectivity index (χ3n) is 8.25. The van der Waals surface area contributed by atoms with Crippen LogP contribution in [0.1, 0.15) is 63.5 Å². The number of carbonyl (C=O) groups is 1. The standard InChI is InChI=1S/C32H47ClN2O5/c1-23(2)25(19-24-13-14-29(39-4)30(20-24)40-18-10-17-38-3)21-27(34)28(36)22-35(33)31(37)32(15-8-9-16-32)26-11-6-5-7-12-26/h5-7,11-14,20,23,25,27-28,36H,8-10,15-19,21-22,34H2,1-4H3/t25-,27-,28-/m0/s1. The first-order valence-corrected chi connectivity index (χ1v) is 14.8. The molecule has 3 rings (SSSR count). The highest BCUT2D eigenvalue weighted by Gasteiger charge is 2.45. The van der Waals surface area contributed by atoms with Crippen LogP contribution in [0.4, 0.5) is 0 Å². The fourth-order valence-corrected chi connectivity index (χ4v) is 6.03. The van der Waals surface area contributed by atoms with Crippen LogP contribution in [0.15, 0.2) is 48.5 Å². The van der Waals surface area contributed by atoms with E-state index in [-0.39, 0.29) is 18.4 Å². The molecule has 2 aromatic carbocycles. The molecule has 7 nitrogen and oxygen atoms in total. The van der Waals surface area contributed by atoms with Gasteiger partial charge in [-0.2, -0.15) is 0 Å². The molecule has 0 aromatic heterocycles. The number of hydrogen-bond acceptors (Lipinski definition) is 6. The Morgan fingerprint density at radius 3 is 2.40 bits per heavy atom. The van der Waals surface area contributed by atoms with Gasteiger partial charge in [-0.05, 0) is 60.8 Å². The van der Waals surface area contributed by atoms with Gasteiger partial charge in [-0.3, -0.25) is 9.21 Å². The van der Waals surface area contributed by atoms with E-state index in [1.54, 1.807) is 14.2 Å². The molecule has 8 heteroatoms. The van der Waals surface area contributed by atoms with Crippen molar-refractivity contribution in [2.24, 2.45) is 17.6 Å². The number of halogens is 1. The van der Waals surface area contributed by atoms with E-state index >= 15 is 0 Å². The number of rotatable bonds is 16. The molecule has 1 amide bonds. The van der Waals surface area contributed by atoms with E-state index in [4.69, 9.17) is 31.7 Å². The monoisotopic (exact) mass is 574 g/mol. The normalized spacial score (nSPS) is 16.9. The van der Waals surface area contributed by atoms with Gasteiger partial charge in [0.2, 0.25) is 5.91 Å². The molecular formula is C32H47ClN2O5. The first-order valence-electron chi connectivity index (χ1n) is 14.5. The van der Waals surface area contributed by atoms with E-state index in [2.05, 4.69) is 13.8 Å². The minimum atomic E-state index is -0.938. The van der Waals surface area contributed by atoms with Crippen LogP contribution in [-0.2, 0) is 21.4 Å². The Morgan fingerprint density at radius 1 is 1.07 bits per heavy atom. The molecule has 0 unspecified atom stereocenters. The van der Waals surface area contributed by atoms with Crippen LogP contribution in [0.25, 0.3) is 0 Å². The summed E-state index contributed by atoms with van der Waals surface area (Å²) in [5.41, 5.74) is 7.99. The Kier molecular flexibility index (Phi) is 12.6. The smallest absolute Gasteiger partial charge is 0.247 e. The van der Waals surface area contributed by atoms with Crippen LogP contribution in [0.5, 0.6) is 11.5 Å². The van der Waals surface area contributed by atoms with Crippen LogP contribution in [0.2, 0.25) is 0 Å². The lowest BCUT2D eigenvalue weighted by Crippen LogP contribution is -2.48. The molecule has 1 aliphatic rings. The van der Waals surface area contributed by atoms with Crippen molar-refractivity contribution >= 4 is 17.7 Å². The summed E-state index contributed by atoms with van der Waals surface area (Å²) in [5.74, 6) is 1.79. The highest BCUT2D eigenvalue weighted by Crippen LogP contribution is 2.43. The maximum Gasteiger partial charge on any atom is 0.247 e. The summed E-state index contributed by atoms with van der Waals surface area (Å²) in [6.45, 7) is 5.49. The van der Waals surface area contributed by atoms with Crippen molar-refractivity contribution in [3.05, 3.63) is 59.7 Å². The van der Waals surface area contributed by atoms with Gasteiger partial charge in [0.25, 0.3) is 0 Å². The molecule has 40 heavy (non-hydrogen) atoms. The molecule has 2 aromatic rings. The molecule has 1 aliphatic carbocycles. The van der Waals surface area contributed by atoms with Crippen molar-refractivity contribution in [3.63, 3.8) is 0 Å². The van der Waals surface area contributed by atoms with E-state index in [0.717, 1.165) is 49.7 Å². The van der Waals surface area contributed by atoms with Crippen molar-refractivity contribution in [1.29, 1.82) is 0 Å². The molecule has 0 heterocycles. The molecule has 3 atom stereocenters. The number of aliphatic hydroxyl groups is 1. The van der Waals surface area contributed by atoms with Crippen molar-refractivity contribution in [1.82, 2.24) is 4.42 Å². The fourth-order valence-electron chi connectivity index (χ4n) is 5.72. The summed E-state index contributed by atoms with van der Waals surface area (Å²) in [6, 6.07) is 15.3. The Morgan fingerprint density at radius 2 is 1.77 bits per heavy atom. The average molecular weight is 575 g/mol. The molecule has 0 radical (unpaired) electrons. The number of nitrogens with zero attached hydrogens (tertiary/aromatic N) is 1. The molecule has 0 aliphatic heterocycles. The lowest BCUT2D eigenvalue weighted by Gasteiger charge is -2.33. The van der Waals surface area contributed by atoms with Gasteiger partial charge in [0.15, 0.2) is 11.5 Å². The number of carbonyl (C=O) groups excluding carboxylic acids is 1. The number of benzene rings is 2. The van der Waals surface area contributed by atoms with Gasteiger partial charge in [-0.25, -0.2) is 0 Å². The van der Waals surface area contributed by atoms with Crippen molar-refractivity contribution < 1.29 is 24.1 Å². The minimum absolute atomic E-state index is 0.0110. The second-order valence-corrected chi connectivity index (χ2v) is 11.8. The van der Waals surface area contributed by atoms with E-state index in [1.807, 2.05) is 48.5 Å². The summed E-state index contributed by atoms with van der Waals surface area (Å²) in [5, 5.41) is 11.0. The maximum atomic E-state index is 13.6. The van der Waals surface area contributed by atoms with Crippen molar-refractivity contribution in [2.75, 3.05) is 34.0 Å². The SMILES string of the molecule is COCCCOc1cc(C[C@@H](C[C@H](N)[C@@H](O)CN(Cl)C(=O)C2(c3ccccc3)CCCC2)C(C)C)ccc1OC. The second kappa shape index (κ2) is 15.6. The molecule has 1 saturated carbocycles. The number of hydrogen-bond donors (Lipinski definition) is 2. The predicted molar refractivity (Wildman–Crippen MR) is 160 cm³/mol. The van der Waals surface area contributed by atoms with Gasteiger partial charge in [0.05, 0.1) is 31.8 Å². The molecule has 222 valence electrons. The second-order valence-electron chi connectivity index (χ2n) is 11.4. The van der Waals surface area contributed by atoms with Gasteiger partial charge in [0.1, 0.15) is 0 Å². The van der Waals surface area contributed by atoms with Crippen LogP contribution in [0.3, 0.4) is 0 Å². The zero-order chi connectivity index (χ0) is 29.1. The Balaban J connectivity index is 1.63. The van der Waals surface area contributed by atoms with Crippen LogP contribution in [-0.4, -0.2) is 61.6 Å². The molecule has 1 fully saturated rings. The first-order chi connectivity index (χ1) is 19.2. The van der Waals surface area contributed by atoms with Gasteiger partial charge < -0.3 is 25.1 Å². The van der Waals surface area contributed by atoms with Crippen molar-refractivity contribution in [2.45, 2.75) is 76.4 Å². The zero-order valence-corrected chi connectivity index (χ0v) is 25.2. The first kappa shape index (κ1) is 32.2. The van der Waals surface area contributed by atoms with E-state index < -0.39 is 17.6 Å². The quantitative estimate of drug-likeness (QED) is 0.203.